The monoisotopic (exact) mass is 261 g/mol. The summed E-state index contributed by atoms with van der Waals surface area (Å²) < 4.78 is 16.7. The SMILES string of the molecule is CC(=O)NC1C(C(O)CO)OC2OC(C)(C)OC21. The van der Waals surface area contributed by atoms with E-state index in [-0.39, 0.29) is 5.91 Å². The molecule has 0 aliphatic carbocycles. The van der Waals surface area contributed by atoms with Gasteiger partial charge in [-0.15, -0.1) is 0 Å². The van der Waals surface area contributed by atoms with Crippen LogP contribution in [0.4, 0.5) is 0 Å². The minimum absolute atomic E-state index is 0.257. The number of fused-ring (bicyclic) bond motifs is 1. The predicted octanol–water partition coefficient (Wildman–Crippen LogP) is -1.28. The first-order valence-corrected chi connectivity index (χ1v) is 5.91. The van der Waals surface area contributed by atoms with Crippen LogP contribution >= 0.6 is 0 Å². The third-order valence-corrected chi connectivity index (χ3v) is 3.02. The fourth-order valence-electron chi connectivity index (χ4n) is 2.37. The summed E-state index contributed by atoms with van der Waals surface area (Å²) in [6.45, 7) is 4.41. The van der Waals surface area contributed by atoms with Crippen LogP contribution in [0.3, 0.4) is 0 Å². The molecule has 104 valence electrons. The quantitative estimate of drug-likeness (QED) is 0.585. The molecule has 18 heavy (non-hydrogen) atoms. The average Bonchev–Trinajstić information content (AvgIpc) is 2.71. The topological polar surface area (TPSA) is 97.3 Å². The molecular weight excluding hydrogens is 242 g/mol. The highest BCUT2D eigenvalue weighted by Gasteiger charge is 2.56. The summed E-state index contributed by atoms with van der Waals surface area (Å²) in [5, 5.41) is 21.4. The number of hydrogen-bond acceptors (Lipinski definition) is 6. The van der Waals surface area contributed by atoms with Gasteiger partial charge < -0.3 is 29.7 Å². The molecule has 2 fully saturated rings. The Kier molecular flexibility index (Phi) is 3.61. The van der Waals surface area contributed by atoms with Gasteiger partial charge in [0.25, 0.3) is 0 Å². The Balaban J connectivity index is 2.14. The summed E-state index contributed by atoms with van der Waals surface area (Å²) in [5.74, 6) is -1.05. The summed E-state index contributed by atoms with van der Waals surface area (Å²) in [6, 6.07) is -0.545. The second kappa shape index (κ2) is 4.75. The molecule has 0 bridgehead atoms. The standard InChI is InChI=1S/C11H19NO6/c1-5(14)12-7-8(6(15)4-13)16-10-9(7)17-11(2,3)18-10/h6-10,13,15H,4H2,1-3H3,(H,12,14). The van der Waals surface area contributed by atoms with E-state index in [1.54, 1.807) is 13.8 Å². The first-order valence-electron chi connectivity index (χ1n) is 5.91. The summed E-state index contributed by atoms with van der Waals surface area (Å²) >= 11 is 0. The molecule has 3 N–H and O–H groups in total. The van der Waals surface area contributed by atoms with E-state index in [2.05, 4.69) is 5.32 Å². The first-order chi connectivity index (χ1) is 8.34. The third-order valence-electron chi connectivity index (χ3n) is 3.02. The maximum atomic E-state index is 11.2. The van der Waals surface area contributed by atoms with Crippen molar-refractivity contribution in [1.29, 1.82) is 0 Å². The van der Waals surface area contributed by atoms with Crippen molar-refractivity contribution in [3.05, 3.63) is 0 Å². The normalized spacial score (nSPS) is 39.4. The van der Waals surface area contributed by atoms with E-state index in [4.69, 9.17) is 19.3 Å². The first kappa shape index (κ1) is 13.7. The Labute approximate surface area is 105 Å². The molecule has 7 heteroatoms. The lowest BCUT2D eigenvalue weighted by atomic mass is 10.0. The molecule has 7 nitrogen and oxygen atoms in total. The van der Waals surface area contributed by atoms with Crippen LogP contribution < -0.4 is 5.32 Å². The number of aliphatic hydroxyl groups excluding tert-OH is 2. The Morgan fingerprint density at radius 2 is 2.11 bits per heavy atom. The van der Waals surface area contributed by atoms with Gasteiger partial charge >= 0.3 is 0 Å². The average molecular weight is 261 g/mol. The van der Waals surface area contributed by atoms with Gasteiger partial charge in [-0.25, -0.2) is 0 Å². The van der Waals surface area contributed by atoms with E-state index in [1.807, 2.05) is 0 Å². The van der Waals surface area contributed by atoms with Gasteiger partial charge in [0.2, 0.25) is 5.91 Å². The molecule has 1 amide bonds. The summed E-state index contributed by atoms with van der Waals surface area (Å²) in [7, 11) is 0. The molecular formula is C11H19NO6. The van der Waals surface area contributed by atoms with Crippen LogP contribution in [-0.2, 0) is 19.0 Å². The fourth-order valence-corrected chi connectivity index (χ4v) is 2.37. The molecule has 0 spiro atoms. The van der Waals surface area contributed by atoms with Crippen LogP contribution in [0, 0.1) is 0 Å². The summed E-state index contributed by atoms with van der Waals surface area (Å²) in [6.07, 6.45) is -2.98. The number of amides is 1. The highest BCUT2D eigenvalue weighted by molar-refractivity contribution is 5.73. The van der Waals surface area contributed by atoms with E-state index < -0.39 is 43.0 Å². The molecule has 0 aromatic heterocycles. The van der Waals surface area contributed by atoms with Crippen molar-refractivity contribution in [2.24, 2.45) is 0 Å². The van der Waals surface area contributed by atoms with Crippen LogP contribution in [-0.4, -0.2) is 59.2 Å². The number of carbonyl (C=O) groups is 1. The number of nitrogens with one attached hydrogen (secondary N) is 1. The summed E-state index contributed by atoms with van der Waals surface area (Å²) in [5.41, 5.74) is 0. The van der Waals surface area contributed by atoms with Crippen LogP contribution in [0.2, 0.25) is 0 Å². The van der Waals surface area contributed by atoms with E-state index in [0.717, 1.165) is 0 Å². The zero-order valence-corrected chi connectivity index (χ0v) is 10.6. The van der Waals surface area contributed by atoms with Gasteiger partial charge in [0.05, 0.1) is 12.6 Å². The molecule has 5 atom stereocenters. The van der Waals surface area contributed by atoms with E-state index in [1.165, 1.54) is 6.92 Å². The molecule has 2 heterocycles. The molecule has 2 aliphatic rings. The van der Waals surface area contributed by atoms with Gasteiger partial charge in [0, 0.05) is 6.92 Å². The molecule has 0 saturated carbocycles. The van der Waals surface area contributed by atoms with Crippen LogP contribution in [0.15, 0.2) is 0 Å². The molecule has 0 aromatic rings. The van der Waals surface area contributed by atoms with E-state index in [0.29, 0.717) is 0 Å². The number of ether oxygens (including phenoxy) is 3. The number of rotatable bonds is 3. The highest BCUT2D eigenvalue weighted by Crippen LogP contribution is 2.38. The molecule has 0 radical (unpaired) electrons. The van der Waals surface area contributed by atoms with Crippen molar-refractivity contribution in [1.82, 2.24) is 5.32 Å². The molecule has 5 unspecified atom stereocenters. The van der Waals surface area contributed by atoms with Crippen molar-refractivity contribution in [3.8, 4) is 0 Å². The molecule has 2 rings (SSSR count). The van der Waals surface area contributed by atoms with Crippen molar-refractivity contribution in [2.45, 2.75) is 57.2 Å². The molecule has 2 saturated heterocycles. The van der Waals surface area contributed by atoms with Crippen LogP contribution in [0.5, 0.6) is 0 Å². The van der Waals surface area contributed by atoms with Crippen molar-refractivity contribution < 1.29 is 29.2 Å². The lowest BCUT2D eigenvalue weighted by molar-refractivity contribution is -0.218. The van der Waals surface area contributed by atoms with E-state index >= 15 is 0 Å². The number of carbonyl (C=O) groups excluding carboxylic acids is 1. The smallest absolute Gasteiger partial charge is 0.217 e. The molecule has 2 aliphatic heterocycles. The second-order valence-electron chi connectivity index (χ2n) is 5.05. The molecule has 0 aromatic carbocycles. The largest absolute Gasteiger partial charge is 0.394 e. The Morgan fingerprint density at radius 3 is 2.67 bits per heavy atom. The van der Waals surface area contributed by atoms with Crippen molar-refractivity contribution in [2.75, 3.05) is 6.61 Å². The Hall–Kier alpha value is -0.730. The summed E-state index contributed by atoms with van der Waals surface area (Å²) in [4.78, 5) is 11.2. The third kappa shape index (κ3) is 2.50. The Morgan fingerprint density at radius 1 is 1.44 bits per heavy atom. The van der Waals surface area contributed by atoms with Gasteiger partial charge in [0.1, 0.15) is 18.3 Å². The van der Waals surface area contributed by atoms with Gasteiger partial charge in [-0.3, -0.25) is 4.79 Å². The lowest BCUT2D eigenvalue weighted by Crippen LogP contribution is -2.52. The zero-order chi connectivity index (χ0) is 13.5. The lowest BCUT2D eigenvalue weighted by Gasteiger charge is -2.28. The van der Waals surface area contributed by atoms with Gasteiger partial charge in [-0.05, 0) is 13.8 Å². The van der Waals surface area contributed by atoms with Crippen molar-refractivity contribution in [3.63, 3.8) is 0 Å². The second-order valence-corrected chi connectivity index (χ2v) is 5.05. The van der Waals surface area contributed by atoms with Gasteiger partial charge in [-0.1, -0.05) is 0 Å². The fraction of sp³-hybridized carbons (Fsp3) is 0.909. The number of aliphatic hydroxyl groups is 2. The van der Waals surface area contributed by atoms with Crippen LogP contribution in [0.25, 0.3) is 0 Å². The van der Waals surface area contributed by atoms with Gasteiger partial charge in [-0.2, -0.15) is 0 Å². The van der Waals surface area contributed by atoms with Crippen LogP contribution in [0.1, 0.15) is 20.8 Å². The minimum atomic E-state index is -1.09. The maximum Gasteiger partial charge on any atom is 0.217 e. The maximum absolute atomic E-state index is 11.2. The number of hydrogen-bond donors (Lipinski definition) is 3. The van der Waals surface area contributed by atoms with E-state index in [9.17, 15) is 9.90 Å². The zero-order valence-electron chi connectivity index (χ0n) is 10.6. The minimum Gasteiger partial charge on any atom is -0.394 e. The Bertz CT molecular complexity index is 333. The van der Waals surface area contributed by atoms with Gasteiger partial charge in [0.15, 0.2) is 12.1 Å². The predicted molar refractivity (Wildman–Crippen MR) is 59.4 cm³/mol. The van der Waals surface area contributed by atoms with Crippen molar-refractivity contribution >= 4 is 5.91 Å². The highest BCUT2D eigenvalue weighted by atomic mass is 16.8.